The quantitative estimate of drug-likeness (QED) is 0.858. The lowest BCUT2D eigenvalue weighted by Gasteiger charge is -2.15. The number of aliphatic hydroxyl groups is 1. The van der Waals surface area contributed by atoms with Gasteiger partial charge in [0.2, 0.25) is 5.76 Å². The molecule has 106 valence electrons. The van der Waals surface area contributed by atoms with Crippen LogP contribution in [0, 0.1) is 0 Å². The van der Waals surface area contributed by atoms with E-state index in [1.165, 1.54) is 0 Å². The molecule has 1 aromatic heterocycles. The molecule has 1 aromatic carbocycles. The fourth-order valence-electron chi connectivity index (χ4n) is 2.70. The predicted molar refractivity (Wildman–Crippen MR) is 73.4 cm³/mol. The molecule has 0 unspecified atom stereocenters. The van der Waals surface area contributed by atoms with Gasteiger partial charge in [0.25, 0.3) is 5.91 Å². The molecule has 1 amide bonds. The molecule has 0 aliphatic carbocycles. The van der Waals surface area contributed by atoms with Crippen LogP contribution < -0.4 is 5.32 Å². The lowest BCUT2D eigenvalue weighted by Crippen LogP contribution is -2.36. The highest BCUT2D eigenvalue weighted by molar-refractivity contribution is 6.03. The van der Waals surface area contributed by atoms with Gasteiger partial charge in [-0.3, -0.25) is 9.69 Å². The molecule has 1 aliphatic heterocycles. The Labute approximate surface area is 116 Å². The number of nitrogens with zero attached hydrogens (tertiary/aromatic N) is 2. The Morgan fingerprint density at radius 2 is 2.35 bits per heavy atom. The van der Waals surface area contributed by atoms with Crippen LogP contribution in [0.4, 0.5) is 0 Å². The average Bonchev–Trinajstić information content (AvgIpc) is 3.02. The van der Waals surface area contributed by atoms with E-state index in [1.807, 2.05) is 30.1 Å². The maximum absolute atomic E-state index is 12.3. The van der Waals surface area contributed by atoms with E-state index in [2.05, 4.69) is 10.5 Å². The Bertz CT molecular complexity index is 625. The van der Waals surface area contributed by atoms with Gasteiger partial charge >= 0.3 is 0 Å². The largest absolute Gasteiger partial charge is 0.395 e. The van der Waals surface area contributed by atoms with Crippen molar-refractivity contribution in [1.82, 2.24) is 15.4 Å². The number of likely N-dealkylation sites (N-methyl/N-ethyl adjacent to an activating group) is 1. The number of carbonyl (C=O) groups excluding carboxylic acids is 1. The molecule has 2 N–H and O–H groups in total. The number of nitrogens with one attached hydrogen (secondary N) is 1. The highest BCUT2D eigenvalue weighted by Crippen LogP contribution is 2.19. The number of likely N-dealkylation sites (tertiary alicyclic amines) is 1. The van der Waals surface area contributed by atoms with Crippen molar-refractivity contribution in [3.63, 3.8) is 0 Å². The van der Waals surface area contributed by atoms with Gasteiger partial charge in [-0.05, 0) is 25.6 Å². The Morgan fingerprint density at radius 3 is 3.10 bits per heavy atom. The van der Waals surface area contributed by atoms with Gasteiger partial charge in [-0.15, -0.1) is 0 Å². The SMILES string of the molecule is CN1C[C@H](NC(=O)c2onc3ccccc23)C[C@H]1CO. The van der Waals surface area contributed by atoms with Crippen LogP contribution in [0.5, 0.6) is 0 Å². The van der Waals surface area contributed by atoms with Gasteiger partial charge < -0.3 is 14.9 Å². The van der Waals surface area contributed by atoms with Gasteiger partial charge in [0.1, 0.15) is 5.52 Å². The summed E-state index contributed by atoms with van der Waals surface area (Å²) in [6, 6.07) is 7.45. The number of aromatic nitrogens is 1. The minimum absolute atomic E-state index is 0.0218. The molecule has 0 spiro atoms. The van der Waals surface area contributed by atoms with E-state index < -0.39 is 0 Å². The molecular weight excluding hydrogens is 258 g/mol. The van der Waals surface area contributed by atoms with Gasteiger partial charge in [-0.2, -0.15) is 0 Å². The van der Waals surface area contributed by atoms with E-state index >= 15 is 0 Å². The maximum atomic E-state index is 12.3. The van der Waals surface area contributed by atoms with Crippen LogP contribution in [0.3, 0.4) is 0 Å². The highest BCUT2D eigenvalue weighted by atomic mass is 16.5. The zero-order chi connectivity index (χ0) is 14.1. The predicted octanol–water partition coefficient (Wildman–Crippen LogP) is 0.623. The van der Waals surface area contributed by atoms with Crippen molar-refractivity contribution in [1.29, 1.82) is 0 Å². The number of fused-ring (bicyclic) bond motifs is 1. The molecule has 0 radical (unpaired) electrons. The molecule has 1 fully saturated rings. The third-order valence-corrected chi connectivity index (χ3v) is 3.82. The summed E-state index contributed by atoms with van der Waals surface area (Å²) in [6.45, 7) is 0.831. The molecule has 6 nitrogen and oxygen atoms in total. The van der Waals surface area contributed by atoms with Gasteiger partial charge in [0.05, 0.1) is 12.0 Å². The summed E-state index contributed by atoms with van der Waals surface area (Å²) in [4.78, 5) is 14.3. The number of amides is 1. The fourth-order valence-corrected chi connectivity index (χ4v) is 2.70. The van der Waals surface area contributed by atoms with Crippen molar-refractivity contribution < 1.29 is 14.4 Å². The summed E-state index contributed by atoms with van der Waals surface area (Å²) in [7, 11) is 1.94. The number of hydrogen-bond donors (Lipinski definition) is 2. The second-order valence-electron chi connectivity index (χ2n) is 5.21. The van der Waals surface area contributed by atoms with Gasteiger partial charge in [0, 0.05) is 18.6 Å². The van der Waals surface area contributed by atoms with Crippen LogP contribution in [0.25, 0.3) is 10.9 Å². The highest BCUT2D eigenvalue weighted by Gasteiger charge is 2.31. The second kappa shape index (κ2) is 5.22. The Morgan fingerprint density at radius 1 is 1.55 bits per heavy atom. The van der Waals surface area contributed by atoms with Crippen molar-refractivity contribution in [2.24, 2.45) is 0 Å². The number of benzene rings is 1. The summed E-state index contributed by atoms with van der Waals surface area (Å²) < 4.78 is 5.14. The molecule has 20 heavy (non-hydrogen) atoms. The van der Waals surface area contributed by atoms with Crippen LogP contribution in [0.2, 0.25) is 0 Å². The minimum Gasteiger partial charge on any atom is -0.395 e. The summed E-state index contributed by atoms with van der Waals surface area (Å²) in [5, 5.41) is 16.8. The van der Waals surface area contributed by atoms with Gasteiger partial charge in [-0.1, -0.05) is 17.3 Å². The molecule has 2 atom stereocenters. The molecule has 0 saturated carbocycles. The number of hydrogen-bond acceptors (Lipinski definition) is 5. The third kappa shape index (κ3) is 2.28. The van der Waals surface area contributed by atoms with Gasteiger partial charge in [-0.25, -0.2) is 0 Å². The second-order valence-corrected chi connectivity index (χ2v) is 5.21. The van der Waals surface area contributed by atoms with Crippen molar-refractivity contribution in [3.05, 3.63) is 30.0 Å². The zero-order valence-electron chi connectivity index (χ0n) is 11.2. The van der Waals surface area contributed by atoms with Crippen molar-refractivity contribution in [2.75, 3.05) is 20.2 Å². The smallest absolute Gasteiger partial charge is 0.290 e. The van der Waals surface area contributed by atoms with Crippen LogP contribution in [-0.4, -0.2) is 53.4 Å². The third-order valence-electron chi connectivity index (χ3n) is 3.82. The van der Waals surface area contributed by atoms with E-state index in [9.17, 15) is 9.90 Å². The molecule has 0 bridgehead atoms. The molecule has 1 saturated heterocycles. The summed E-state index contributed by atoms with van der Waals surface area (Å²) >= 11 is 0. The first-order chi connectivity index (χ1) is 9.69. The summed E-state index contributed by atoms with van der Waals surface area (Å²) in [5.41, 5.74) is 0.675. The Balaban J connectivity index is 1.74. The normalized spacial score (nSPS) is 23.3. The van der Waals surface area contributed by atoms with E-state index in [4.69, 9.17) is 4.52 Å². The number of rotatable bonds is 3. The minimum atomic E-state index is -0.254. The maximum Gasteiger partial charge on any atom is 0.290 e. The Kier molecular flexibility index (Phi) is 3.42. The Hall–Kier alpha value is -1.92. The molecule has 3 rings (SSSR count). The summed E-state index contributed by atoms with van der Waals surface area (Å²) in [6.07, 6.45) is 0.741. The van der Waals surface area contributed by atoms with E-state index in [1.54, 1.807) is 6.07 Å². The molecule has 6 heteroatoms. The lowest BCUT2D eigenvalue weighted by molar-refractivity contribution is 0.0903. The summed E-state index contributed by atoms with van der Waals surface area (Å²) in [5.74, 6) is -0.00797. The van der Waals surface area contributed by atoms with Gasteiger partial charge in [0.15, 0.2) is 0 Å². The van der Waals surface area contributed by atoms with Crippen LogP contribution in [0.15, 0.2) is 28.8 Å². The molecular formula is C14H17N3O3. The first-order valence-corrected chi connectivity index (χ1v) is 6.65. The average molecular weight is 275 g/mol. The number of aliphatic hydroxyl groups excluding tert-OH is 1. The van der Waals surface area contributed by atoms with Crippen LogP contribution in [-0.2, 0) is 0 Å². The zero-order valence-corrected chi connectivity index (χ0v) is 11.2. The lowest BCUT2D eigenvalue weighted by atomic mass is 10.1. The molecule has 2 heterocycles. The van der Waals surface area contributed by atoms with E-state index in [-0.39, 0.29) is 30.4 Å². The van der Waals surface area contributed by atoms with Crippen molar-refractivity contribution in [2.45, 2.75) is 18.5 Å². The van der Waals surface area contributed by atoms with E-state index in [0.29, 0.717) is 5.52 Å². The first-order valence-electron chi connectivity index (χ1n) is 6.65. The standard InChI is InChI=1S/C14H17N3O3/c1-17-7-9(6-10(17)8-18)15-14(19)13-11-4-2-3-5-12(11)16-20-13/h2-5,9-10,18H,6-8H2,1H3,(H,15,19)/t9-,10+/m1/s1. The molecule has 2 aromatic rings. The van der Waals surface area contributed by atoms with Crippen molar-refractivity contribution >= 4 is 16.8 Å². The topological polar surface area (TPSA) is 78.6 Å². The first kappa shape index (κ1) is 13.1. The van der Waals surface area contributed by atoms with Crippen LogP contribution >= 0.6 is 0 Å². The number of carbonyl (C=O) groups is 1. The molecule has 1 aliphatic rings. The van der Waals surface area contributed by atoms with Crippen LogP contribution in [0.1, 0.15) is 17.0 Å². The van der Waals surface area contributed by atoms with E-state index in [0.717, 1.165) is 18.4 Å². The van der Waals surface area contributed by atoms with Crippen molar-refractivity contribution in [3.8, 4) is 0 Å². The fraction of sp³-hybridized carbons (Fsp3) is 0.429. The monoisotopic (exact) mass is 275 g/mol.